The first-order valence-corrected chi connectivity index (χ1v) is 8.84. The summed E-state index contributed by atoms with van der Waals surface area (Å²) in [5.41, 5.74) is -0.449. The fourth-order valence-corrected chi connectivity index (χ4v) is 3.88. The van der Waals surface area contributed by atoms with Gasteiger partial charge in [0, 0.05) is 6.04 Å². The summed E-state index contributed by atoms with van der Waals surface area (Å²) in [5.74, 6) is 0.987. The van der Waals surface area contributed by atoms with E-state index in [9.17, 15) is 12.8 Å². The van der Waals surface area contributed by atoms with E-state index in [1.165, 1.54) is 12.1 Å². The van der Waals surface area contributed by atoms with Crippen molar-refractivity contribution in [3.63, 3.8) is 0 Å². The Morgan fingerprint density at radius 1 is 1.50 bits per heavy atom. The van der Waals surface area contributed by atoms with Crippen LogP contribution in [-0.4, -0.2) is 26.0 Å². The second-order valence-electron chi connectivity index (χ2n) is 4.23. The van der Waals surface area contributed by atoms with E-state index in [0.29, 0.717) is 6.42 Å². The Morgan fingerprint density at radius 2 is 2.20 bits per heavy atom. The van der Waals surface area contributed by atoms with Crippen LogP contribution in [0, 0.1) is 17.1 Å². The number of rotatable bonds is 7. The molecule has 20 heavy (non-hydrogen) atoms. The molecule has 0 fully saturated rings. The average Bonchev–Trinajstić information content (AvgIpc) is 2.38. The second-order valence-corrected chi connectivity index (χ2v) is 7.31. The zero-order valence-corrected chi connectivity index (χ0v) is 13.0. The van der Waals surface area contributed by atoms with Crippen LogP contribution < -0.4 is 4.72 Å². The van der Waals surface area contributed by atoms with Crippen LogP contribution in [0.5, 0.6) is 0 Å². The highest BCUT2D eigenvalue weighted by Gasteiger charge is 2.22. The van der Waals surface area contributed by atoms with E-state index in [-0.39, 0.29) is 10.9 Å². The van der Waals surface area contributed by atoms with Gasteiger partial charge < -0.3 is 0 Å². The third kappa shape index (κ3) is 4.47. The highest BCUT2D eigenvalue weighted by atomic mass is 32.2. The Hall–Kier alpha value is -1.10. The van der Waals surface area contributed by atoms with E-state index in [1.807, 2.05) is 6.92 Å². The molecule has 0 heterocycles. The molecule has 1 rings (SSSR count). The Kier molecular flexibility index (Phi) is 6.46. The summed E-state index contributed by atoms with van der Waals surface area (Å²) in [6.07, 6.45) is 0.676. The molecule has 1 aromatic carbocycles. The minimum absolute atomic E-state index is 0.270. The number of thioether (sulfide) groups is 1. The molecule has 0 aliphatic rings. The number of nitrogens with zero attached hydrogens (tertiary/aromatic N) is 1. The van der Waals surface area contributed by atoms with Crippen molar-refractivity contribution in [1.82, 2.24) is 4.72 Å². The number of nitrogens with one attached hydrogen (secondary N) is 1. The second kappa shape index (κ2) is 7.62. The van der Waals surface area contributed by atoms with Gasteiger partial charge in [-0.15, -0.1) is 0 Å². The van der Waals surface area contributed by atoms with E-state index in [0.717, 1.165) is 17.6 Å². The maximum atomic E-state index is 13.4. The standard InChI is InChI=1S/C13H17FN2O2S2/c1-3-19-8-7-10(2)16-20(17,18)13-6-4-5-12(14)11(13)9-15/h4-6,10,16H,3,7-8H2,1-2H3. The van der Waals surface area contributed by atoms with Gasteiger partial charge in [-0.1, -0.05) is 13.0 Å². The van der Waals surface area contributed by atoms with Crippen molar-refractivity contribution in [2.24, 2.45) is 0 Å². The molecule has 0 aliphatic carbocycles. The third-order valence-electron chi connectivity index (χ3n) is 2.63. The van der Waals surface area contributed by atoms with Crippen LogP contribution in [0.4, 0.5) is 4.39 Å². The molecule has 0 saturated carbocycles. The third-order valence-corrected chi connectivity index (χ3v) is 5.20. The molecule has 1 N–H and O–H groups in total. The van der Waals surface area contributed by atoms with Gasteiger partial charge in [-0.3, -0.25) is 0 Å². The van der Waals surface area contributed by atoms with E-state index in [4.69, 9.17) is 5.26 Å². The maximum absolute atomic E-state index is 13.4. The molecule has 110 valence electrons. The number of hydrogen-bond donors (Lipinski definition) is 1. The molecule has 1 unspecified atom stereocenters. The number of nitriles is 1. The van der Waals surface area contributed by atoms with Crippen LogP contribution in [-0.2, 0) is 10.0 Å². The first-order chi connectivity index (χ1) is 9.42. The van der Waals surface area contributed by atoms with E-state index in [1.54, 1.807) is 24.8 Å². The lowest BCUT2D eigenvalue weighted by Gasteiger charge is -2.14. The normalized spacial score (nSPS) is 12.9. The Bertz CT molecular complexity index is 597. The van der Waals surface area contributed by atoms with Gasteiger partial charge >= 0.3 is 0 Å². The molecular formula is C13H17FN2O2S2. The van der Waals surface area contributed by atoms with Gasteiger partial charge in [-0.25, -0.2) is 17.5 Å². The van der Waals surface area contributed by atoms with Gasteiger partial charge in [-0.05, 0) is 37.0 Å². The molecule has 1 atom stereocenters. The summed E-state index contributed by atoms with van der Waals surface area (Å²) in [7, 11) is -3.88. The number of sulfonamides is 1. The quantitative estimate of drug-likeness (QED) is 0.785. The average molecular weight is 316 g/mol. The van der Waals surface area contributed by atoms with Crippen LogP contribution in [0.2, 0.25) is 0 Å². The topological polar surface area (TPSA) is 70.0 Å². The minimum Gasteiger partial charge on any atom is -0.208 e. The van der Waals surface area contributed by atoms with Gasteiger partial charge in [0.15, 0.2) is 0 Å². The minimum atomic E-state index is -3.88. The Balaban J connectivity index is 2.90. The summed E-state index contributed by atoms with van der Waals surface area (Å²) < 4.78 is 40.3. The summed E-state index contributed by atoms with van der Waals surface area (Å²) in [5, 5.41) is 8.88. The summed E-state index contributed by atoms with van der Waals surface area (Å²) in [6.45, 7) is 3.78. The molecule has 0 amide bonds. The van der Waals surface area contributed by atoms with Crippen molar-refractivity contribution in [1.29, 1.82) is 5.26 Å². The summed E-state index contributed by atoms with van der Waals surface area (Å²) >= 11 is 1.72. The van der Waals surface area contributed by atoms with Crippen molar-refractivity contribution in [3.8, 4) is 6.07 Å². The lowest BCUT2D eigenvalue weighted by atomic mass is 10.2. The first-order valence-electron chi connectivity index (χ1n) is 6.21. The number of benzene rings is 1. The lowest BCUT2D eigenvalue weighted by molar-refractivity contribution is 0.554. The summed E-state index contributed by atoms with van der Waals surface area (Å²) in [6, 6.07) is 4.91. The molecule has 1 aromatic rings. The molecule has 7 heteroatoms. The zero-order valence-electron chi connectivity index (χ0n) is 11.4. The number of halogens is 1. The first kappa shape index (κ1) is 17.0. The van der Waals surface area contributed by atoms with Gasteiger partial charge in [-0.2, -0.15) is 17.0 Å². The molecule has 0 aliphatic heterocycles. The summed E-state index contributed by atoms with van der Waals surface area (Å²) in [4.78, 5) is -0.310. The molecular weight excluding hydrogens is 299 g/mol. The smallest absolute Gasteiger partial charge is 0.208 e. The van der Waals surface area contributed by atoms with Crippen molar-refractivity contribution in [2.75, 3.05) is 11.5 Å². The fraction of sp³-hybridized carbons (Fsp3) is 0.462. The number of hydrogen-bond acceptors (Lipinski definition) is 4. The van der Waals surface area contributed by atoms with Gasteiger partial charge in [0.2, 0.25) is 10.0 Å². The van der Waals surface area contributed by atoms with Crippen LogP contribution in [0.15, 0.2) is 23.1 Å². The van der Waals surface area contributed by atoms with Crippen LogP contribution >= 0.6 is 11.8 Å². The van der Waals surface area contributed by atoms with Gasteiger partial charge in [0.1, 0.15) is 22.3 Å². The van der Waals surface area contributed by atoms with Crippen molar-refractivity contribution in [2.45, 2.75) is 31.2 Å². The molecule has 0 saturated heterocycles. The molecule has 0 aromatic heterocycles. The van der Waals surface area contributed by atoms with Crippen LogP contribution in [0.3, 0.4) is 0 Å². The van der Waals surface area contributed by atoms with Crippen molar-refractivity contribution >= 4 is 21.8 Å². The van der Waals surface area contributed by atoms with Crippen molar-refractivity contribution in [3.05, 3.63) is 29.6 Å². The van der Waals surface area contributed by atoms with E-state index < -0.39 is 21.4 Å². The Labute approximate surface area is 123 Å². The highest BCUT2D eigenvalue weighted by Crippen LogP contribution is 2.18. The molecule has 0 bridgehead atoms. The van der Waals surface area contributed by atoms with Crippen LogP contribution in [0.1, 0.15) is 25.8 Å². The maximum Gasteiger partial charge on any atom is 0.242 e. The predicted octanol–water partition coefficient (Wildman–Crippen LogP) is 2.51. The van der Waals surface area contributed by atoms with Crippen LogP contribution in [0.25, 0.3) is 0 Å². The van der Waals surface area contributed by atoms with Gasteiger partial charge in [0.25, 0.3) is 0 Å². The zero-order chi connectivity index (χ0) is 15.2. The monoisotopic (exact) mass is 316 g/mol. The SMILES string of the molecule is CCSCCC(C)NS(=O)(=O)c1cccc(F)c1C#N. The van der Waals surface area contributed by atoms with Crippen molar-refractivity contribution < 1.29 is 12.8 Å². The Morgan fingerprint density at radius 3 is 2.80 bits per heavy atom. The van der Waals surface area contributed by atoms with E-state index in [2.05, 4.69) is 4.72 Å². The molecule has 4 nitrogen and oxygen atoms in total. The lowest BCUT2D eigenvalue weighted by Crippen LogP contribution is -2.33. The van der Waals surface area contributed by atoms with E-state index >= 15 is 0 Å². The molecule has 0 spiro atoms. The molecule has 0 radical (unpaired) electrons. The fourth-order valence-electron chi connectivity index (χ4n) is 1.63. The van der Waals surface area contributed by atoms with Gasteiger partial charge in [0.05, 0.1) is 0 Å². The largest absolute Gasteiger partial charge is 0.242 e. The predicted molar refractivity (Wildman–Crippen MR) is 78.5 cm³/mol. The highest BCUT2D eigenvalue weighted by molar-refractivity contribution is 7.99.